The summed E-state index contributed by atoms with van der Waals surface area (Å²) in [7, 11) is 0. The number of hydrogen-bond donors (Lipinski definition) is 2. The number of hydrogen-bond acceptors (Lipinski definition) is 4. The SMILES string of the molecule is Cc1cccc(OCC(O)CNC(c2cccs2)C2CCCC2)c1. The van der Waals surface area contributed by atoms with Crippen LogP contribution < -0.4 is 10.1 Å². The lowest BCUT2D eigenvalue weighted by Crippen LogP contribution is -2.36. The van der Waals surface area contributed by atoms with Crippen LogP contribution >= 0.6 is 11.3 Å². The van der Waals surface area contributed by atoms with Gasteiger partial charge in [0.05, 0.1) is 0 Å². The fourth-order valence-electron chi connectivity index (χ4n) is 3.48. The van der Waals surface area contributed by atoms with Crippen molar-refractivity contribution in [3.63, 3.8) is 0 Å². The smallest absolute Gasteiger partial charge is 0.119 e. The lowest BCUT2D eigenvalue weighted by Gasteiger charge is -2.25. The maximum atomic E-state index is 10.3. The molecule has 130 valence electrons. The molecule has 2 unspecified atom stereocenters. The van der Waals surface area contributed by atoms with E-state index in [9.17, 15) is 5.11 Å². The first-order chi connectivity index (χ1) is 11.7. The largest absolute Gasteiger partial charge is 0.491 e. The monoisotopic (exact) mass is 345 g/mol. The third kappa shape index (κ3) is 4.82. The molecule has 1 fully saturated rings. The van der Waals surface area contributed by atoms with Crippen LogP contribution in [0.5, 0.6) is 5.75 Å². The van der Waals surface area contributed by atoms with Crippen LogP contribution in [0.25, 0.3) is 0 Å². The van der Waals surface area contributed by atoms with Crippen LogP contribution in [0, 0.1) is 12.8 Å². The minimum atomic E-state index is -0.505. The molecule has 0 aliphatic heterocycles. The molecule has 2 N–H and O–H groups in total. The molecule has 0 amide bonds. The zero-order chi connectivity index (χ0) is 16.8. The van der Waals surface area contributed by atoms with Crippen LogP contribution in [0.2, 0.25) is 0 Å². The van der Waals surface area contributed by atoms with Crippen molar-refractivity contribution in [3.8, 4) is 5.75 Å². The second-order valence-corrected chi connectivity index (χ2v) is 7.71. The summed E-state index contributed by atoms with van der Waals surface area (Å²) in [6.07, 6.45) is 4.71. The van der Waals surface area contributed by atoms with Crippen molar-refractivity contribution in [2.45, 2.75) is 44.8 Å². The van der Waals surface area contributed by atoms with Crippen LogP contribution in [0.1, 0.15) is 42.2 Å². The number of ether oxygens (including phenoxy) is 1. The second-order valence-electron chi connectivity index (χ2n) is 6.73. The second kappa shape index (κ2) is 8.65. The standard InChI is InChI=1S/C20H27NO2S/c1-15-6-4-9-18(12-15)23-14-17(22)13-21-20(16-7-2-3-8-16)19-10-5-11-24-19/h4-6,9-12,16-17,20-22H,2-3,7-8,13-14H2,1H3. The Morgan fingerprint density at radius 1 is 1.25 bits per heavy atom. The van der Waals surface area contributed by atoms with E-state index in [0.717, 1.165) is 5.75 Å². The third-order valence-corrected chi connectivity index (χ3v) is 5.68. The van der Waals surface area contributed by atoms with E-state index in [0.29, 0.717) is 25.1 Å². The molecule has 3 nitrogen and oxygen atoms in total. The number of aliphatic hydroxyl groups excluding tert-OH is 1. The van der Waals surface area contributed by atoms with Crippen LogP contribution in [0.15, 0.2) is 41.8 Å². The normalized spacial score (nSPS) is 17.8. The van der Waals surface area contributed by atoms with E-state index >= 15 is 0 Å². The highest BCUT2D eigenvalue weighted by Gasteiger charge is 2.27. The summed E-state index contributed by atoms with van der Waals surface area (Å²) < 4.78 is 5.71. The van der Waals surface area contributed by atoms with Gasteiger partial charge in [0.2, 0.25) is 0 Å². The highest BCUT2D eigenvalue weighted by molar-refractivity contribution is 7.10. The summed E-state index contributed by atoms with van der Waals surface area (Å²) in [5.74, 6) is 1.51. The number of rotatable bonds is 8. The van der Waals surface area contributed by atoms with Crippen molar-refractivity contribution < 1.29 is 9.84 Å². The van der Waals surface area contributed by atoms with Crippen molar-refractivity contribution in [1.82, 2.24) is 5.32 Å². The molecule has 3 rings (SSSR count). The Bertz CT molecular complexity index is 608. The number of thiophene rings is 1. The maximum absolute atomic E-state index is 10.3. The van der Waals surface area contributed by atoms with Gasteiger partial charge in [0, 0.05) is 17.5 Å². The topological polar surface area (TPSA) is 41.5 Å². The molecule has 1 aliphatic rings. The first-order valence-corrected chi connectivity index (χ1v) is 9.74. The van der Waals surface area contributed by atoms with Gasteiger partial charge in [-0.1, -0.05) is 31.0 Å². The van der Waals surface area contributed by atoms with Gasteiger partial charge in [0.15, 0.2) is 0 Å². The van der Waals surface area contributed by atoms with Gasteiger partial charge in [0.25, 0.3) is 0 Å². The molecule has 1 heterocycles. The molecule has 24 heavy (non-hydrogen) atoms. The van der Waals surface area contributed by atoms with Crippen molar-refractivity contribution >= 4 is 11.3 Å². The fourth-order valence-corrected chi connectivity index (χ4v) is 4.37. The minimum absolute atomic E-state index is 0.318. The molecular weight excluding hydrogens is 318 g/mol. The average molecular weight is 346 g/mol. The van der Waals surface area contributed by atoms with Gasteiger partial charge < -0.3 is 15.2 Å². The van der Waals surface area contributed by atoms with E-state index in [4.69, 9.17) is 4.74 Å². The Balaban J connectivity index is 1.50. The lowest BCUT2D eigenvalue weighted by atomic mass is 9.96. The molecule has 0 bridgehead atoms. The van der Waals surface area contributed by atoms with Gasteiger partial charge in [-0.05, 0) is 54.8 Å². The van der Waals surface area contributed by atoms with E-state index in [1.807, 2.05) is 31.2 Å². The van der Waals surface area contributed by atoms with E-state index in [1.165, 1.54) is 36.1 Å². The quantitative estimate of drug-likeness (QED) is 0.749. The third-order valence-electron chi connectivity index (χ3n) is 4.73. The molecule has 1 aromatic heterocycles. The number of aliphatic hydroxyl groups is 1. The fraction of sp³-hybridized carbons (Fsp3) is 0.500. The molecule has 0 spiro atoms. The molecule has 1 aliphatic carbocycles. The van der Waals surface area contributed by atoms with Crippen molar-refractivity contribution in [1.29, 1.82) is 0 Å². The first kappa shape index (κ1) is 17.5. The summed E-state index contributed by atoms with van der Waals surface area (Å²) in [6.45, 7) is 2.92. The van der Waals surface area contributed by atoms with Crippen molar-refractivity contribution in [3.05, 3.63) is 52.2 Å². The van der Waals surface area contributed by atoms with E-state index in [2.05, 4.69) is 22.8 Å². The Kier molecular flexibility index (Phi) is 6.30. The number of aryl methyl sites for hydroxylation is 1. The molecule has 1 saturated carbocycles. The van der Waals surface area contributed by atoms with Crippen molar-refractivity contribution in [2.75, 3.05) is 13.2 Å². The van der Waals surface area contributed by atoms with Crippen molar-refractivity contribution in [2.24, 2.45) is 5.92 Å². The lowest BCUT2D eigenvalue weighted by molar-refractivity contribution is 0.101. The zero-order valence-electron chi connectivity index (χ0n) is 14.3. The van der Waals surface area contributed by atoms with Gasteiger partial charge in [-0.25, -0.2) is 0 Å². The van der Waals surface area contributed by atoms with Gasteiger partial charge in [-0.2, -0.15) is 0 Å². The zero-order valence-corrected chi connectivity index (χ0v) is 15.1. The first-order valence-electron chi connectivity index (χ1n) is 8.86. The Hall–Kier alpha value is -1.36. The molecule has 2 aromatic rings. The van der Waals surface area contributed by atoms with Crippen LogP contribution in [0.3, 0.4) is 0 Å². The molecular formula is C20H27NO2S. The Morgan fingerprint density at radius 2 is 2.08 bits per heavy atom. The van der Waals surface area contributed by atoms with Gasteiger partial charge >= 0.3 is 0 Å². The van der Waals surface area contributed by atoms with Crippen LogP contribution in [-0.4, -0.2) is 24.4 Å². The number of nitrogens with one attached hydrogen (secondary N) is 1. The maximum Gasteiger partial charge on any atom is 0.119 e. The Labute approximate surface area is 148 Å². The predicted molar refractivity (Wildman–Crippen MR) is 99.7 cm³/mol. The molecule has 2 atom stereocenters. The summed E-state index contributed by atoms with van der Waals surface area (Å²) >= 11 is 1.81. The van der Waals surface area contributed by atoms with E-state index in [-0.39, 0.29) is 0 Å². The molecule has 1 aromatic carbocycles. The molecule has 4 heteroatoms. The minimum Gasteiger partial charge on any atom is -0.491 e. The summed E-state index contributed by atoms with van der Waals surface area (Å²) in [5, 5.41) is 16.0. The highest BCUT2D eigenvalue weighted by atomic mass is 32.1. The van der Waals surface area contributed by atoms with Gasteiger partial charge in [-0.15, -0.1) is 11.3 Å². The predicted octanol–water partition coefficient (Wildman–Crippen LogP) is 4.32. The summed E-state index contributed by atoms with van der Waals surface area (Å²) in [5.41, 5.74) is 1.17. The van der Waals surface area contributed by atoms with Gasteiger partial charge in [-0.3, -0.25) is 0 Å². The molecule has 0 radical (unpaired) electrons. The summed E-state index contributed by atoms with van der Waals surface area (Å²) in [4.78, 5) is 1.38. The Morgan fingerprint density at radius 3 is 2.79 bits per heavy atom. The number of benzene rings is 1. The average Bonchev–Trinajstić information content (AvgIpc) is 3.27. The highest BCUT2D eigenvalue weighted by Crippen LogP contribution is 2.37. The van der Waals surface area contributed by atoms with Gasteiger partial charge in [0.1, 0.15) is 18.5 Å². The van der Waals surface area contributed by atoms with Crippen LogP contribution in [0.4, 0.5) is 0 Å². The van der Waals surface area contributed by atoms with E-state index in [1.54, 1.807) is 11.3 Å². The van der Waals surface area contributed by atoms with Crippen LogP contribution in [-0.2, 0) is 0 Å². The summed E-state index contributed by atoms with van der Waals surface area (Å²) in [6, 6.07) is 12.6. The van der Waals surface area contributed by atoms with E-state index < -0.39 is 6.10 Å². The molecule has 0 saturated heterocycles.